The number of likely N-dealkylation sites (N-methyl/N-ethyl adjacent to an activating group) is 1. The van der Waals surface area contributed by atoms with Crippen LogP contribution in [0.15, 0.2) is 0 Å². The highest BCUT2D eigenvalue weighted by Crippen LogP contribution is 2.43. The van der Waals surface area contributed by atoms with Crippen LogP contribution >= 0.6 is 11.9 Å². The summed E-state index contributed by atoms with van der Waals surface area (Å²) in [5.74, 6) is 0. The van der Waals surface area contributed by atoms with Crippen LogP contribution in [-0.2, 0) is 4.74 Å². The van der Waals surface area contributed by atoms with E-state index in [9.17, 15) is 0 Å². The summed E-state index contributed by atoms with van der Waals surface area (Å²) in [5, 5.41) is 4.10. The SMILES string of the molecule is CNC1COCC(N2CCC3(CCN(SC(C)C)C3)CC2)C1. The lowest BCUT2D eigenvalue weighted by Crippen LogP contribution is -2.52. The molecule has 22 heavy (non-hydrogen) atoms. The average molecular weight is 328 g/mol. The van der Waals surface area contributed by atoms with Gasteiger partial charge in [0.15, 0.2) is 0 Å². The molecule has 3 rings (SSSR count). The lowest BCUT2D eigenvalue weighted by Gasteiger charge is -2.44. The number of hydrogen-bond donors (Lipinski definition) is 1. The normalized spacial score (nSPS) is 33.8. The second kappa shape index (κ2) is 7.39. The van der Waals surface area contributed by atoms with Crippen molar-refractivity contribution in [3.05, 3.63) is 0 Å². The van der Waals surface area contributed by atoms with Crippen LogP contribution in [-0.4, -0.2) is 73.0 Å². The summed E-state index contributed by atoms with van der Waals surface area (Å²) in [7, 11) is 2.06. The van der Waals surface area contributed by atoms with E-state index in [2.05, 4.69) is 47.4 Å². The molecule has 2 unspecified atom stereocenters. The van der Waals surface area contributed by atoms with Gasteiger partial charge in [-0.1, -0.05) is 25.8 Å². The molecule has 2 atom stereocenters. The van der Waals surface area contributed by atoms with Gasteiger partial charge in [-0.3, -0.25) is 4.90 Å². The number of ether oxygens (including phenoxy) is 1. The second-order valence-electron chi connectivity index (χ2n) is 7.72. The molecule has 3 saturated heterocycles. The molecule has 3 aliphatic heterocycles. The first-order valence-electron chi connectivity index (χ1n) is 9.01. The summed E-state index contributed by atoms with van der Waals surface area (Å²) >= 11 is 2.05. The van der Waals surface area contributed by atoms with Crippen LogP contribution < -0.4 is 5.32 Å². The number of nitrogens with one attached hydrogen (secondary N) is 1. The molecule has 0 aromatic heterocycles. The molecule has 1 N–H and O–H groups in total. The lowest BCUT2D eigenvalue weighted by molar-refractivity contribution is -0.0198. The van der Waals surface area contributed by atoms with Gasteiger partial charge in [-0.05, 0) is 51.2 Å². The maximum Gasteiger partial charge on any atom is 0.0623 e. The zero-order valence-electron chi connectivity index (χ0n) is 14.5. The predicted octanol–water partition coefficient (Wildman–Crippen LogP) is 2.21. The highest BCUT2D eigenvalue weighted by atomic mass is 32.2. The Kier molecular flexibility index (Phi) is 5.72. The Balaban J connectivity index is 1.48. The summed E-state index contributed by atoms with van der Waals surface area (Å²) in [5.41, 5.74) is 0.607. The summed E-state index contributed by atoms with van der Waals surface area (Å²) in [6, 6.07) is 1.17. The van der Waals surface area contributed by atoms with E-state index in [1.807, 2.05) is 0 Å². The fraction of sp³-hybridized carbons (Fsp3) is 1.00. The highest BCUT2D eigenvalue weighted by Gasteiger charge is 2.42. The Hall–Kier alpha value is 0.190. The van der Waals surface area contributed by atoms with Gasteiger partial charge in [0.2, 0.25) is 0 Å². The van der Waals surface area contributed by atoms with Crippen LogP contribution in [0.4, 0.5) is 0 Å². The lowest BCUT2D eigenvalue weighted by atomic mass is 9.77. The van der Waals surface area contributed by atoms with Crippen molar-refractivity contribution < 1.29 is 4.74 Å². The minimum absolute atomic E-state index is 0.541. The Morgan fingerprint density at radius 1 is 1.14 bits per heavy atom. The van der Waals surface area contributed by atoms with Gasteiger partial charge in [0.05, 0.1) is 13.2 Å². The van der Waals surface area contributed by atoms with Gasteiger partial charge in [-0.15, -0.1) is 0 Å². The van der Waals surface area contributed by atoms with E-state index < -0.39 is 0 Å². The molecule has 3 aliphatic rings. The topological polar surface area (TPSA) is 27.7 Å². The third kappa shape index (κ3) is 3.99. The molecule has 0 aromatic rings. The third-order valence-electron chi connectivity index (χ3n) is 5.73. The predicted molar refractivity (Wildman–Crippen MR) is 94.2 cm³/mol. The highest BCUT2D eigenvalue weighted by molar-refractivity contribution is 7.97. The molecule has 0 radical (unpaired) electrons. The Morgan fingerprint density at radius 3 is 2.55 bits per heavy atom. The van der Waals surface area contributed by atoms with Crippen LogP contribution in [0, 0.1) is 5.41 Å². The molecule has 0 saturated carbocycles. The van der Waals surface area contributed by atoms with Gasteiger partial charge in [-0.25, -0.2) is 4.31 Å². The molecule has 0 aliphatic carbocycles. The quantitative estimate of drug-likeness (QED) is 0.799. The molecule has 0 aromatic carbocycles. The maximum absolute atomic E-state index is 5.80. The van der Waals surface area contributed by atoms with E-state index in [0.717, 1.165) is 13.2 Å². The molecule has 3 fully saturated rings. The van der Waals surface area contributed by atoms with Crippen molar-refractivity contribution in [3.63, 3.8) is 0 Å². The van der Waals surface area contributed by atoms with Gasteiger partial charge < -0.3 is 10.1 Å². The molecule has 3 heterocycles. The summed E-state index contributed by atoms with van der Waals surface area (Å²) < 4.78 is 8.43. The van der Waals surface area contributed by atoms with Crippen molar-refractivity contribution in [2.24, 2.45) is 5.41 Å². The molecule has 1 spiro atoms. The van der Waals surface area contributed by atoms with Crippen LogP contribution in [0.2, 0.25) is 0 Å². The van der Waals surface area contributed by atoms with Crippen molar-refractivity contribution in [1.29, 1.82) is 0 Å². The first kappa shape index (κ1) is 17.0. The molecule has 0 bridgehead atoms. The van der Waals surface area contributed by atoms with Crippen molar-refractivity contribution >= 4 is 11.9 Å². The van der Waals surface area contributed by atoms with Gasteiger partial charge in [0, 0.05) is 30.4 Å². The van der Waals surface area contributed by atoms with Crippen molar-refractivity contribution in [1.82, 2.24) is 14.5 Å². The van der Waals surface area contributed by atoms with Gasteiger partial charge in [0.25, 0.3) is 0 Å². The van der Waals surface area contributed by atoms with Crippen LogP contribution in [0.3, 0.4) is 0 Å². The zero-order chi connectivity index (χ0) is 15.6. The Labute approximate surface area is 140 Å². The fourth-order valence-corrected chi connectivity index (χ4v) is 5.46. The van der Waals surface area contributed by atoms with Crippen molar-refractivity contribution in [2.45, 2.75) is 56.9 Å². The van der Waals surface area contributed by atoms with Gasteiger partial charge >= 0.3 is 0 Å². The van der Waals surface area contributed by atoms with E-state index in [-0.39, 0.29) is 0 Å². The molecular weight excluding hydrogens is 294 g/mol. The minimum Gasteiger partial charge on any atom is -0.378 e. The van der Waals surface area contributed by atoms with Gasteiger partial charge in [-0.2, -0.15) is 0 Å². The number of nitrogens with zero attached hydrogens (tertiary/aromatic N) is 2. The van der Waals surface area contributed by atoms with Crippen LogP contribution in [0.25, 0.3) is 0 Å². The van der Waals surface area contributed by atoms with Crippen molar-refractivity contribution in [2.75, 3.05) is 46.4 Å². The standard InChI is InChI=1S/C17H33N3OS/c1-14(2)22-20-9-6-17(13-20)4-7-19(8-5-17)16-10-15(18-3)11-21-12-16/h14-16,18H,4-13H2,1-3H3. The Morgan fingerprint density at radius 2 is 1.86 bits per heavy atom. The molecule has 0 amide bonds. The number of rotatable bonds is 4. The largest absolute Gasteiger partial charge is 0.378 e. The van der Waals surface area contributed by atoms with E-state index in [1.54, 1.807) is 0 Å². The molecule has 128 valence electrons. The second-order valence-corrected chi connectivity index (χ2v) is 9.39. The first-order chi connectivity index (χ1) is 10.6. The van der Waals surface area contributed by atoms with Crippen LogP contribution in [0.1, 0.15) is 39.5 Å². The van der Waals surface area contributed by atoms with Crippen LogP contribution in [0.5, 0.6) is 0 Å². The summed E-state index contributed by atoms with van der Waals surface area (Å²) in [4.78, 5) is 2.70. The van der Waals surface area contributed by atoms with Crippen molar-refractivity contribution in [3.8, 4) is 0 Å². The number of likely N-dealkylation sites (tertiary alicyclic amines) is 1. The Bertz CT molecular complexity index is 358. The average Bonchev–Trinajstić information content (AvgIpc) is 2.90. The van der Waals surface area contributed by atoms with E-state index >= 15 is 0 Å². The molecule has 5 heteroatoms. The zero-order valence-corrected chi connectivity index (χ0v) is 15.3. The van der Waals surface area contributed by atoms with E-state index in [0.29, 0.717) is 22.7 Å². The summed E-state index contributed by atoms with van der Waals surface area (Å²) in [6.45, 7) is 11.6. The van der Waals surface area contributed by atoms with Gasteiger partial charge in [0.1, 0.15) is 0 Å². The minimum atomic E-state index is 0.541. The molecular formula is C17H33N3OS. The molecule has 4 nitrogen and oxygen atoms in total. The van der Waals surface area contributed by atoms with E-state index in [4.69, 9.17) is 4.74 Å². The monoisotopic (exact) mass is 327 g/mol. The number of hydrogen-bond acceptors (Lipinski definition) is 5. The number of piperidine rings is 1. The van der Waals surface area contributed by atoms with E-state index in [1.165, 1.54) is 51.9 Å². The summed E-state index contributed by atoms with van der Waals surface area (Å²) in [6.07, 6.45) is 5.41. The smallest absolute Gasteiger partial charge is 0.0623 e. The first-order valence-corrected chi connectivity index (χ1v) is 9.85. The fourth-order valence-electron chi connectivity index (χ4n) is 4.32. The third-order valence-corrected chi connectivity index (χ3v) is 6.76. The maximum atomic E-state index is 5.80.